The molecule has 16 heavy (non-hydrogen) atoms. The minimum absolute atomic E-state index is 0.641. The molecule has 3 heteroatoms. The Morgan fingerprint density at radius 3 is 2.94 bits per heavy atom. The van der Waals surface area contributed by atoms with E-state index in [1.54, 1.807) is 0 Å². The van der Waals surface area contributed by atoms with Crippen LogP contribution in [0, 0.1) is 0 Å². The number of nitrogens with one attached hydrogen (secondary N) is 1. The molecule has 0 unspecified atom stereocenters. The fourth-order valence-corrected chi connectivity index (χ4v) is 1.68. The maximum absolute atomic E-state index is 5.44. The lowest BCUT2D eigenvalue weighted by Crippen LogP contribution is -2.13. The fraction of sp³-hybridized carbons (Fsp3) is 0.615. The van der Waals surface area contributed by atoms with Gasteiger partial charge in [0.15, 0.2) is 0 Å². The first kappa shape index (κ1) is 13.0. The molecule has 1 aromatic rings. The Morgan fingerprint density at radius 1 is 1.31 bits per heavy atom. The van der Waals surface area contributed by atoms with E-state index in [0.717, 1.165) is 18.8 Å². The molecule has 90 valence electrons. The van der Waals surface area contributed by atoms with E-state index in [4.69, 9.17) is 5.73 Å². The third kappa shape index (κ3) is 5.12. The topological polar surface area (TPSA) is 50.9 Å². The summed E-state index contributed by atoms with van der Waals surface area (Å²) in [6.45, 7) is 3.66. The van der Waals surface area contributed by atoms with Gasteiger partial charge in [0.1, 0.15) is 5.82 Å². The molecule has 1 rings (SSSR count). The van der Waals surface area contributed by atoms with Gasteiger partial charge in [-0.1, -0.05) is 26.2 Å². The monoisotopic (exact) mass is 221 g/mol. The molecule has 0 aromatic carbocycles. The summed E-state index contributed by atoms with van der Waals surface area (Å²) in [5, 5.41) is 3.20. The van der Waals surface area contributed by atoms with Crippen molar-refractivity contribution < 1.29 is 0 Å². The SMILES string of the molecule is CCCCCCc1ccnc(NCCN)c1. The number of nitrogens with zero attached hydrogens (tertiary/aromatic N) is 1. The number of aryl methyl sites for hydroxylation is 1. The van der Waals surface area contributed by atoms with E-state index in [1.165, 1.54) is 31.2 Å². The smallest absolute Gasteiger partial charge is 0.126 e. The Morgan fingerprint density at radius 2 is 2.19 bits per heavy atom. The van der Waals surface area contributed by atoms with Crippen LogP contribution < -0.4 is 11.1 Å². The van der Waals surface area contributed by atoms with Crippen LogP contribution in [0.5, 0.6) is 0 Å². The maximum Gasteiger partial charge on any atom is 0.126 e. The van der Waals surface area contributed by atoms with E-state index < -0.39 is 0 Å². The van der Waals surface area contributed by atoms with Gasteiger partial charge in [-0.3, -0.25) is 0 Å². The van der Waals surface area contributed by atoms with E-state index >= 15 is 0 Å². The van der Waals surface area contributed by atoms with Crippen LogP contribution in [0.3, 0.4) is 0 Å². The second kappa shape index (κ2) is 8.11. The summed E-state index contributed by atoms with van der Waals surface area (Å²) >= 11 is 0. The summed E-state index contributed by atoms with van der Waals surface area (Å²) in [6.07, 6.45) is 8.25. The molecule has 0 radical (unpaired) electrons. The maximum atomic E-state index is 5.44. The summed E-state index contributed by atoms with van der Waals surface area (Å²) in [5.74, 6) is 0.943. The van der Waals surface area contributed by atoms with Crippen LogP contribution in [0.25, 0.3) is 0 Å². The van der Waals surface area contributed by atoms with Gasteiger partial charge in [0.2, 0.25) is 0 Å². The summed E-state index contributed by atoms with van der Waals surface area (Å²) in [4.78, 5) is 4.25. The van der Waals surface area contributed by atoms with Gasteiger partial charge in [-0.25, -0.2) is 4.98 Å². The Labute approximate surface area is 98.5 Å². The standard InChI is InChI=1S/C13H23N3/c1-2-3-4-5-6-12-7-9-15-13(11-12)16-10-8-14/h7,9,11H,2-6,8,10,14H2,1H3,(H,15,16). The van der Waals surface area contributed by atoms with Crippen LogP contribution in [-0.4, -0.2) is 18.1 Å². The zero-order chi connectivity index (χ0) is 11.6. The van der Waals surface area contributed by atoms with Crippen LogP contribution in [0.2, 0.25) is 0 Å². The van der Waals surface area contributed by atoms with Crippen molar-refractivity contribution in [3.63, 3.8) is 0 Å². The number of nitrogens with two attached hydrogens (primary N) is 1. The number of aromatic nitrogens is 1. The molecule has 0 saturated carbocycles. The molecule has 0 amide bonds. The average Bonchev–Trinajstić information content (AvgIpc) is 2.33. The molecule has 0 bridgehead atoms. The Kier molecular flexibility index (Phi) is 6.58. The molecule has 0 atom stereocenters. The first-order valence-corrected chi connectivity index (χ1v) is 6.25. The lowest BCUT2D eigenvalue weighted by atomic mass is 10.1. The number of rotatable bonds is 8. The fourth-order valence-electron chi connectivity index (χ4n) is 1.68. The highest BCUT2D eigenvalue weighted by molar-refractivity contribution is 5.37. The first-order chi connectivity index (χ1) is 7.86. The number of pyridine rings is 1. The predicted molar refractivity (Wildman–Crippen MR) is 69.6 cm³/mol. The number of anilines is 1. The molecule has 0 aliphatic rings. The number of hydrogen-bond donors (Lipinski definition) is 2. The van der Waals surface area contributed by atoms with Crippen molar-refractivity contribution in [1.82, 2.24) is 4.98 Å². The molecule has 3 N–H and O–H groups in total. The number of unbranched alkanes of at least 4 members (excludes halogenated alkanes) is 3. The van der Waals surface area contributed by atoms with Gasteiger partial charge < -0.3 is 11.1 Å². The van der Waals surface area contributed by atoms with E-state index in [1.807, 2.05) is 6.20 Å². The quantitative estimate of drug-likeness (QED) is 0.663. The Hall–Kier alpha value is -1.09. The first-order valence-electron chi connectivity index (χ1n) is 6.25. The van der Waals surface area contributed by atoms with Crippen molar-refractivity contribution in [3.05, 3.63) is 23.9 Å². The second-order valence-electron chi connectivity index (χ2n) is 4.08. The second-order valence-corrected chi connectivity index (χ2v) is 4.08. The molecule has 0 fully saturated rings. The normalized spacial score (nSPS) is 10.4. The van der Waals surface area contributed by atoms with Crippen molar-refractivity contribution in [2.45, 2.75) is 39.0 Å². The summed E-state index contributed by atoms with van der Waals surface area (Å²) in [7, 11) is 0. The summed E-state index contributed by atoms with van der Waals surface area (Å²) < 4.78 is 0. The van der Waals surface area contributed by atoms with Crippen molar-refractivity contribution in [2.75, 3.05) is 18.4 Å². The summed E-state index contributed by atoms with van der Waals surface area (Å²) in [6, 6.07) is 4.22. The highest BCUT2D eigenvalue weighted by Crippen LogP contribution is 2.11. The number of hydrogen-bond acceptors (Lipinski definition) is 3. The molecule has 0 saturated heterocycles. The average molecular weight is 221 g/mol. The third-order valence-corrected chi connectivity index (χ3v) is 2.59. The molecule has 3 nitrogen and oxygen atoms in total. The van der Waals surface area contributed by atoms with E-state index in [-0.39, 0.29) is 0 Å². The van der Waals surface area contributed by atoms with E-state index in [0.29, 0.717) is 6.54 Å². The van der Waals surface area contributed by atoms with Crippen LogP contribution >= 0.6 is 0 Å². The van der Waals surface area contributed by atoms with Crippen molar-refractivity contribution in [1.29, 1.82) is 0 Å². The van der Waals surface area contributed by atoms with E-state index in [9.17, 15) is 0 Å². The highest BCUT2D eigenvalue weighted by Gasteiger charge is 1.96. The lowest BCUT2D eigenvalue weighted by Gasteiger charge is -2.06. The summed E-state index contributed by atoms with van der Waals surface area (Å²) in [5.41, 5.74) is 6.80. The molecular formula is C13H23N3. The van der Waals surface area contributed by atoms with Crippen molar-refractivity contribution >= 4 is 5.82 Å². The minimum atomic E-state index is 0.641. The zero-order valence-electron chi connectivity index (χ0n) is 10.2. The van der Waals surface area contributed by atoms with Gasteiger partial charge in [-0.05, 0) is 30.5 Å². The van der Waals surface area contributed by atoms with Crippen molar-refractivity contribution in [3.8, 4) is 0 Å². The largest absolute Gasteiger partial charge is 0.369 e. The third-order valence-electron chi connectivity index (χ3n) is 2.59. The van der Waals surface area contributed by atoms with Gasteiger partial charge in [-0.2, -0.15) is 0 Å². The van der Waals surface area contributed by atoms with Crippen LogP contribution in [0.4, 0.5) is 5.82 Å². The van der Waals surface area contributed by atoms with Gasteiger partial charge in [0.25, 0.3) is 0 Å². The van der Waals surface area contributed by atoms with Crippen LogP contribution in [0.15, 0.2) is 18.3 Å². The van der Waals surface area contributed by atoms with Crippen molar-refractivity contribution in [2.24, 2.45) is 5.73 Å². The van der Waals surface area contributed by atoms with Crippen LogP contribution in [0.1, 0.15) is 38.2 Å². The van der Waals surface area contributed by atoms with Crippen LogP contribution in [-0.2, 0) is 6.42 Å². The predicted octanol–water partition coefficient (Wildman–Crippen LogP) is 2.58. The van der Waals surface area contributed by atoms with Gasteiger partial charge in [0.05, 0.1) is 0 Å². The molecule has 1 heterocycles. The molecule has 0 spiro atoms. The molecule has 1 aromatic heterocycles. The van der Waals surface area contributed by atoms with Gasteiger partial charge >= 0.3 is 0 Å². The molecule has 0 aliphatic carbocycles. The Bertz CT molecular complexity index is 286. The molecular weight excluding hydrogens is 198 g/mol. The molecule has 0 aliphatic heterocycles. The van der Waals surface area contributed by atoms with E-state index in [2.05, 4.69) is 29.4 Å². The zero-order valence-corrected chi connectivity index (χ0v) is 10.2. The van der Waals surface area contributed by atoms with Gasteiger partial charge in [-0.15, -0.1) is 0 Å². The Balaban J connectivity index is 2.35. The van der Waals surface area contributed by atoms with Gasteiger partial charge in [0, 0.05) is 19.3 Å². The highest BCUT2D eigenvalue weighted by atomic mass is 15.0. The lowest BCUT2D eigenvalue weighted by molar-refractivity contribution is 0.666. The minimum Gasteiger partial charge on any atom is -0.369 e.